The van der Waals surface area contributed by atoms with Gasteiger partial charge in [0.25, 0.3) is 5.91 Å². The third-order valence-corrected chi connectivity index (χ3v) is 3.99. The lowest BCUT2D eigenvalue weighted by Crippen LogP contribution is -2.37. The van der Waals surface area contributed by atoms with E-state index in [0.29, 0.717) is 17.8 Å². The van der Waals surface area contributed by atoms with E-state index in [1.807, 2.05) is 30.3 Å². The van der Waals surface area contributed by atoms with Crippen molar-refractivity contribution in [2.24, 2.45) is 0 Å². The molecule has 3 aromatic rings. The van der Waals surface area contributed by atoms with Gasteiger partial charge in [-0.25, -0.2) is 9.48 Å². The summed E-state index contributed by atoms with van der Waals surface area (Å²) in [5.74, 6) is -0.829. The first kappa shape index (κ1) is 18.2. The van der Waals surface area contributed by atoms with Gasteiger partial charge in [0.2, 0.25) is 0 Å². The highest BCUT2D eigenvalue weighted by molar-refractivity contribution is 5.92. The van der Waals surface area contributed by atoms with Crippen molar-refractivity contribution in [1.82, 2.24) is 25.1 Å². The van der Waals surface area contributed by atoms with Crippen LogP contribution in [0.4, 0.5) is 0 Å². The molecule has 0 spiro atoms. The topological polar surface area (TPSA) is 90.2 Å². The Morgan fingerprint density at radius 3 is 2.44 bits per heavy atom. The molecule has 1 heterocycles. The molecule has 0 saturated carbocycles. The van der Waals surface area contributed by atoms with Crippen molar-refractivity contribution in [3.63, 3.8) is 0 Å². The van der Waals surface area contributed by atoms with E-state index in [4.69, 9.17) is 4.74 Å². The van der Waals surface area contributed by atoms with Crippen molar-refractivity contribution in [3.8, 4) is 5.69 Å². The second-order valence-electron chi connectivity index (χ2n) is 6.03. The van der Waals surface area contributed by atoms with E-state index >= 15 is 0 Å². The lowest BCUT2D eigenvalue weighted by atomic mass is 10.2. The fourth-order valence-electron chi connectivity index (χ4n) is 2.55. The molecule has 1 atom stereocenters. The van der Waals surface area contributed by atoms with E-state index in [-0.39, 0.29) is 5.91 Å². The van der Waals surface area contributed by atoms with E-state index < -0.39 is 12.1 Å². The Morgan fingerprint density at radius 1 is 1.11 bits per heavy atom. The van der Waals surface area contributed by atoms with Crippen LogP contribution in [0.2, 0.25) is 0 Å². The Morgan fingerprint density at radius 2 is 1.81 bits per heavy atom. The molecule has 0 fully saturated rings. The summed E-state index contributed by atoms with van der Waals surface area (Å²) in [6.45, 7) is 2.01. The fourth-order valence-corrected chi connectivity index (χ4v) is 2.55. The molecule has 27 heavy (non-hydrogen) atoms. The standard InChI is InChI=1S/C19H19N5O3/c1-14(18(25)23(2)12-15-6-4-3-5-7-15)27-19(26)16-8-10-17(11-9-16)24-13-20-21-22-24/h3-11,13-14H,12H2,1-2H3. The lowest BCUT2D eigenvalue weighted by Gasteiger charge is -2.21. The Kier molecular flexibility index (Phi) is 5.55. The van der Waals surface area contributed by atoms with E-state index in [0.717, 1.165) is 5.56 Å². The zero-order chi connectivity index (χ0) is 19.2. The quantitative estimate of drug-likeness (QED) is 0.620. The summed E-state index contributed by atoms with van der Waals surface area (Å²) in [4.78, 5) is 26.3. The maximum atomic E-state index is 12.4. The van der Waals surface area contributed by atoms with Crippen LogP contribution in [0.5, 0.6) is 0 Å². The first-order valence-corrected chi connectivity index (χ1v) is 8.38. The molecule has 8 heteroatoms. The van der Waals surface area contributed by atoms with Gasteiger partial charge in [-0.2, -0.15) is 0 Å². The van der Waals surface area contributed by atoms with Crippen LogP contribution < -0.4 is 0 Å². The zero-order valence-electron chi connectivity index (χ0n) is 15.0. The van der Waals surface area contributed by atoms with Crippen molar-refractivity contribution in [3.05, 3.63) is 72.1 Å². The number of nitrogens with zero attached hydrogens (tertiary/aromatic N) is 5. The number of likely N-dealkylation sites (N-methyl/N-ethyl adjacent to an activating group) is 1. The first-order chi connectivity index (χ1) is 13.0. The number of ether oxygens (including phenoxy) is 1. The number of carbonyl (C=O) groups excluding carboxylic acids is 2. The number of hydrogen-bond acceptors (Lipinski definition) is 6. The van der Waals surface area contributed by atoms with Gasteiger partial charge in [0.1, 0.15) is 6.33 Å². The third-order valence-electron chi connectivity index (χ3n) is 3.99. The van der Waals surface area contributed by atoms with E-state index in [1.165, 1.54) is 15.9 Å². The fraction of sp³-hybridized carbons (Fsp3) is 0.211. The van der Waals surface area contributed by atoms with E-state index in [9.17, 15) is 9.59 Å². The highest BCUT2D eigenvalue weighted by Gasteiger charge is 2.22. The van der Waals surface area contributed by atoms with Crippen LogP contribution in [-0.2, 0) is 16.1 Å². The van der Waals surface area contributed by atoms with Gasteiger partial charge in [-0.1, -0.05) is 30.3 Å². The summed E-state index contributed by atoms with van der Waals surface area (Å²) >= 11 is 0. The Bertz CT molecular complexity index is 895. The third kappa shape index (κ3) is 4.55. The van der Waals surface area contributed by atoms with Gasteiger partial charge >= 0.3 is 5.97 Å². The monoisotopic (exact) mass is 365 g/mol. The van der Waals surface area contributed by atoms with E-state index in [2.05, 4.69) is 15.5 Å². The number of carbonyl (C=O) groups is 2. The number of hydrogen-bond donors (Lipinski definition) is 0. The molecule has 0 saturated heterocycles. The molecule has 0 N–H and O–H groups in total. The van der Waals surface area contributed by atoms with E-state index in [1.54, 1.807) is 38.2 Å². The normalized spacial score (nSPS) is 11.6. The predicted octanol–water partition coefficient (Wildman–Crippen LogP) is 1.87. The van der Waals surface area contributed by atoms with Gasteiger partial charge in [0.05, 0.1) is 11.3 Å². The van der Waals surface area contributed by atoms with Crippen LogP contribution >= 0.6 is 0 Å². The number of aromatic nitrogens is 4. The van der Waals surface area contributed by atoms with Crippen LogP contribution in [0.3, 0.4) is 0 Å². The maximum Gasteiger partial charge on any atom is 0.338 e. The minimum atomic E-state index is -0.884. The highest BCUT2D eigenvalue weighted by Crippen LogP contribution is 2.11. The number of esters is 1. The Hall–Kier alpha value is -3.55. The van der Waals surface area contributed by atoms with Gasteiger partial charge in [-0.15, -0.1) is 5.10 Å². The number of benzene rings is 2. The van der Waals surface area contributed by atoms with Crippen LogP contribution in [-0.4, -0.2) is 50.1 Å². The van der Waals surface area contributed by atoms with Gasteiger partial charge in [-0.05, 0) is 47.2 Å². The van der Waals surface area contributed by atoms with Crippen LogP contribution in [0, 0.1) is 0 Å². The van der Waals surface area contributed by atoms with Crippen LogP contribution in [0.15, 0.2) is 60.9 Å². The Balaban J connectivity index is 1.58. The molecule has 2 aromatic carbocycles. The minimum Gasteiger partial charge on any atom is -0.449 e. The second kappa shape index (κ2) is 8.22. The molecule has 3 rings (SSSR count). The number of rotatable bonds is 6. The molecule has 0 bridgehead atoms. The molecule has 0 aliphatic rings. The highest BCUT2D eigenvalue weighted by atomic mass is 16.5. The molecule has 8 nitrogen and oxygen atoms in total. The summed E-state index contributed by atoms with van der Waals surface area (Å²) in [5.41, 5.74) is 2.06. The molecular formula is C19H19N5O3. The van der Waals surface area contributed by atoms with Crippen LogP contribution in [0.25, 0.3) is 5.69 Å². The molecule has 138 valence electrons. The summed E-state index contributed by atoms with van der Waals surface area (Å²) in [6.07, 6.45) is 0.571. The summed E-state index contributed by atoms with van der Waals surface area (Å²) in [7, 11) is 1.68. The van der Waals surface area contributed by atoms with Crippen LogP contribution in [0.1, 0.15) is 22.8 Å². The molecule has 1 aromatic heterocycles. The lowest BCUT2D eigenvalue weighted by molar-refractivity contribution is -0.139. The van der Waals surface area contributed by atoms with Gasteiger partial charge in [0.15, 0.2) is 6.10 Å². The van der Waals surface area contributed by atoms with Gasteiger partial charge in [0, 0.05) is 13.6 Å². The second-order valence-corrected chi connectivity index (χ2v) is 6.03. The Labute approximate surface area is 156 Å². The molecule has 1 amide bonds. The number of amides is 1. The maximum absolute atomic E-state index is 12.4. The largest absolute Gasteiger partial charge is 0.449 e. The van der Waals surface area contributed by atoms with Crippen molar-refractivity contribution >= 4 is 11.9 Å². The summed E-state index contributed by atoms with van der Waals surface area (Å²) in [6, 6.07) is 16.2. The molecule has 0 aliphatic carbocycles. The minimum absolute atomic E-state index is 0.266. The molecule has 1 unspecified atom stereocenters. The SMILES string of the molecule is CC(OC(=O)c1ccc(-n2cnnn2)cc1)C(=O)N(C)Cc1ccccc1. The number of tetrazole rings is 1. The zero-order valence-corrected chi connectivity index (χ0v) is 15.0. The summed E-state index contributed by atoms with van der Waals surface area (Å²) < 4.78 is 6.78. The molecule has 0 aliphatic heterocycles. The first-order valence-electron chi connectivity index (χ1n) is 8.38. The van der Waals surface area contributed by atoms with Gasteiger partial charge < -0.3 is 9.64 Å². The molecule has 0 radical (unpaired) electrons. The average Bonchev–Trinajstić information content (AvgIpc) is 3.23. The van der Waals surface area contributed by atoms with Crippen molar-refractivity contribution < 1.29 is 14.3 Å². The average molecular weight is 365 g/mol. The smallest absolute Gasteiger partial charge is 0.338 e. The van der Waals surface area contributed by atoms with Crippen molar-refractivity contribution in [2.45, 2.75) is 19.6 Å². The van der Waals surface area contributed by atoms with Crippen molar-refractivity contribution in [2.75, 3.05) is 7.05 Å². The predicted molar refractivity (Wildman–Crippen MR) is 96.9 cm³/mol. The van der Waals surface area contributed by atoms with Crippen molar-refractivity contribution in [1.29, 1.82) is 0 Å². The summed E-state index contributed by atoms with van der Waals surface area (Å²) in [5, 5.41) is 10.9. The van der Waals surface area contributed by atoms with Gasteiger partial charge in [-0.3, -0.25) is 4.79 Å². The molecular weight excluding hydrogens is 346 g/mol.